The Morgan fingerprint density at radius 2 is 2.42 bits per heavy atom. The molecule has 0 heterocycles. The molecule has 0 fully saturated rings. The minimum Gasteiger partial charge on any atom is 0 e. The van der Waals surface area contributed by atoms with Gasteiger partial charge in [0.25, 0.3) is 0 Å². The second kappa shape index (κ2) is 9.43. The van der Waals surface area contributed by atoms with Gasteiger partial charge in [0.15, 0.2) is 0 Å². The molecule has 1 radical (unpaired) electrons. The SMILES string of the molecule is [N-]=[N+]=NCCC(N)C(=O)[IH]F.[Nb]. The molecule has 0 aliphatic heterocycles. The molecule has 0 aliphatic carbocycles. The third-order valence-electron chi connectivity index (χ3n) is 0.982. The molecule has 12 heavy (non-hydrogen) atoms. The van der Waals surface area contributed by atoms with Crippen LogP contribution in [0.3, 0.4) is 0 Å². The molecule has 1 unspecified atom stereocenters. The van der Waals surface area contributed by atoms with Crippen molar-refractivity contribution < 1.29 is 30.0 Å². The smallest absolute Gasteiger partial charge is 0 e. The first-order valence-corrected chi connectivity index (χ1v) is 4.86. The summed E-state index contributed by atoms with van der Waals surface area (Å²) in [6.45, 7) is 0.149. The van der Waals surface area contributed by atoms with E-state index in [1.54, 1.807) is 0 Å². The number of hydrogen-bond donors (Lipinski definition) is 1. The predicted molar refractivity (Wildman–Crippen MR) is 48.1 cm³/mol. The Balaban J connectivity index is 0. The minimum atomic E-state index is -2.07. The van der Waals surface area contributed by atoms with Crippen LogP contribution in [0.4, 0.5) is 2.86 Å². The standard InChI is InChI=1S/C4H8FIN4O.Nb/c5-6-4(11)3(7)1-2-9-10-8;/h3,6H,1-2,7H2;. The fourth-order valence-electron chi connectivity index (χ4n) is 0.417. The summed E-state index contributed by atoms with van der Waals surface area (Å²) in [5.41, 5.74) is 13.1. The van der Waals surface area contributed by atoms with Gasteiger partial charge in [-0.3, -0.25) is 0 Å². The number of rotatable bonds is 5. The van der Waals surface area contributed by atoms with Crippen LogP contribution in [0.1, 0.15) is 6.42 Å². The summed E-state index contributed by atoms with van der Waals surface area (Å²) >= 11 is -2.07. The van der Waals surface area contributed by atoms with Crippen molar-refractivity contribution in [2.75, 3.05) is 6.54 Å². The molecule has 0 saturated heterocycles. The number of carbonyl (C=O) groups excluding carboxylic acids is 1. The van der Waals surface area contributed by atoms with Gasteiger partial charge in [-0.1, -0.05) is 0 Å². The Bertz CT molecular complexity index is 186. The quantitative estimate of drug-likeness (QED) is 0.197. The number of nitrogens with zero attached hydrogens (tertiary/aromatic N) is 3. The largest absolute Gasteiger partial charge is 0 e. The van der Waals surface area contributed by atoms with Gasteiger partial charge in [0.05, 0.1) is 0 Å². The van der Waals surface area contributed by atoms with E-state index in [0.717, 1.165) is 0 Å². The first kappa shape index (κ1) is 14.8. The van der Waals surface area contributed by atoms with E-state index >= 15 is 0 Å². The predicted octanol–water partition coefficient (Wildman–Crippen LogP) is 1.13. The Morgan fingerprint density at radius 1 is 1.83 bits per heavy atom. The van der Waals surface area contributed by atoms with E-state index in [1.165, 1.54) is 0 Å². The Hall–Kier alpha value is 0.340. The third-order valence-corrected chi connectivity index (χ3v) is 2.28. The van der Waals surface area contributed by atoms with Crippen molar-refractivity contribution in [2.24, 2.45) is 10.8 Å². The van der Waals surface area contributed by atoms with Gasteiger partial charge in [0, 0.05) is 22.4 Å². The van der Waals surface area contributed by atoms with Crippen LogP contribution in [0, 0.1) is 0 Å². The van der Waals surface area contributed by atoms with Crippen molar-refractivity contribution in [2.45, 2.75) is 12.5 Å². The van der Waals surface area contributed by atoms with Crippen LogP contribution in [-0.2, 0) is 27.2 Å². The molecule has 1 atom stereocenters. The molecule has 0 aromatic rings. The number of nitrogens with two attached hydrogens (primary N) is 1. The molecule has 0 bridgehead atoms. The Kier molecular flexibility index (Phi) is 11.7. The molecule has 2 N–H and O–H groups in total. The Morgan fingerprint density at radius 3 is 2.83 bits per heavy atom. The van der Waals surface area contributed by atoms with E-state index in [9.17, 15) is 7.65 Å². The van der Waals surface area contributed by atoms with Gasteiger partial charge in [0.2, 0.25) is 0 Å². The first-order valence-electron chi connectivity index (χ1n) is 2.81. The minimum absolute atomic E-state index is 0. The van der Waals surface area contributed by atoms with Gasteiger partial charge in [-0.25, -0.2) is 0 Å². The van der Waals surface area contributed by atoms with E-state index in [4.69, 9.17) is 11.3 Å². The second-order valence-electron chi connectivity index (χ2n) is 1.75. The van der Waals surface area contributed by atoms with Gasteiger partial charge in [-0.2, -0.15) is 0 Å². The maximum atomic E-state index is 11.7. The van der Waals surface area contributed by atoms with Crippen LogP contribution in [0.15, 0.2) is 5.11 Å². The van der Waals surface area contributed by atoms with Crippen LogP contribution in [0.5, 0.6) is 0 Å². The molecule has 0 amide bonds. The topological polar surface area (TPSA) is 91.8 Å². The summed E-state index contributed by atoms with van der Waals surface area (Å²) in [5, 5.41) is 3.17. The van der Waals surface area contributed by atoms with Crippen LogP contribution in [0.2, 0.25) is 0 Å². The van der Waals surface area contributed by atoms with Crippen molar-refractivity contribution in [3.8, 4) is 0 Å². The van der Waals surface area contributed by atoms with Crippen molar-refractivity contribution in [1.82, 2.24) is 0 Å². The van der Waals surface area contributed by atoms with Gasteiger partial charge in [-0.05, 0) is 0 Å². The monoisotopic (exact) mass is 367 g/mol. The van der Waals surface area contributed by atoms with Crippen molar-refractivity contribution in [1.29, 1.82) is 0 Å². The average Bonchev–Trinajstić information content (AvgIpc) is 2.03. The molecule has 0 aromatic carbocycles. The van der Waals surface area contributed by atoms with Gasteiger partial charge < -0.3 is 0 Å². The molecular formula is C4H8FIN4NbO. The molecule has 8 heteroatoms. The summed E-state index contributed by atoms with van der Waals surface area (Å²) in [7, 11) is 0. The fourth-order valence-corrected chi connectivity index (χ4v) is 1.08. The van der Waals surface area contributed by atoms with Crippen molar-refractivity contribution >= 4 is 25.6 Å². The molecule has 0 aliphatic rings. The van der Waals surface area contributed by atoms with Gasteiger partial charge in [0.1, 0.15) is 0 Å². The van der Waals surface area contributed by atoms with Crippen molar-refractivity contribution in [3.63, 3.8) is 0 Å². The summed E-state index contributed by atoms with van der Waals surface area (Å²) in [6, 6.07) is -0.784. The molecule has 5 nitrogen and oxygen atoms in total. The first-order chi connectivity index (χ1) is 5.22. The van der Waals surface area contributed by atoms with Crippen LogP contribution in [-0.4, -0.2) is 16.4 Å². The van der Waals surface area contributed by atoms with E-state index < -0.39 is 31.6 Å². The maximum absolute atomic E-state index is 11.7. The van der Waals surface area contributed by atoms with Gasteiger partial charge in [-0.15, -0.1) is 0 Å². The number of hydrogen-bond acceptors (Lipinski definition) is 3. The molecule has 0 spiro atoms. The van der Waals surface area contributed by atoms with Crippen LogP contribution < -0.4 is 5.73 Å². The molecular weight excluding hydrogens is 359 g/mol. The zero-order chi connectivity index (χ0) is 8.69. The summed E-state index contributed by atoms with van der Waals surface area (Å²) in [4.78, 5) is 13.0. The maximum Gasteiger partial charge on any atom is 0 e. The van der Waals surface area contributed by atoms with E-state index in [2.05, 4.69) is 10.0 Å². The molecule has 0 aromatic heterocycles. The molecule has 0 rings (SSSR count). The zero-order valence-electron chi connectivity index (χ0n) is 6.05. The number of halogens is 2. The van der Waals surface area contributed by atoms with Crippen LogP contribution in [0.25, 0.3) is 10.4 Å². The fraction of sp³-hybridized carbons (Fsp3) is 0.750. The second-order valence-corrected chi connectivity index (χ2v) is 3.33. The Labute approximate surface area is 95.4 Å². The number of azide groups is 1. The summed E-state index contributed by atoms with van der Waals surface area (Å²) in [6.07, 6.45) is 0.234. The van der Waals surface area contributed by atoms with E-state index in [1.807, 2.05) is 0 Å². The summed E-state index contributed by atoms with van der Waals surface area (Å²) < 4.78 is 11.2. The third kappa shape index (κ3) is 7.01. The van der Waals surface area contributed by atoms with Crippen molar-refractivity contribution in [3.05, 3.63) is 10.4 Å². The molecule has 0 saturated carbocycles. The molecule has 69 valence electrons. The van der Waals surface area contributed by atoms with Crippen LogP contribution >= 0.6 is 21.8 Å². The summed E-state index contributed by atoms with van der Waals surface area (Å²) in [5.74, 6) is 0. The zero-order valence-corrected chi connectivity index (χ0v) is 10.6. The van der Waals surface area contributed by atoms with Gasteiger partial charge >= 0.3 is 73.5 Å². The van der Waals surface area contributed by atoms with E-state index in [0.29, 0.717) is 0 Å². The van der Waals surface area contributed by atoms with E-state index in [-0.39, 0.29) is 35.3 Å². The average molecular weight is 367 g/mol. The number of carbonyl (C=O) groups is 1. The normalized spacial score (nSPS) is 11.2.